The van der Waals surface area contributed by atoms with Crippen molar-refractivity contribution in [2.45, 2.75) is 193 Å². The summed E-state index contributed by atoms with van der Waals surface area (Å²) in [5, 5.41) is 41.1. The first-order valence-electron chi connectivity index (χ1n) is 20.0. The molecule has 286 valence electrons. The van der Waals surface area contributed by atoms with Crippen LogP contribution in [0.25, 0.3) is 0 Å². The van der Waals surface area contributed by atoms with Crippen LogP contribution >= 0.6 is 0 Å². The quantitative estimate of drug-likeness (QED) is 0.0323. The minimum Gasteiger partial charge on any atom is -0.463 e. The predicted octanol–water partition coefficient (Wildman–Crippen LogP) is 8.52. The molecule has 0 spiro atoms. The van der Waals surface area contributed by atoms with E-state index in [0.29, 0.717) is 38.5 Å². The van der Waals surface area contributed by atoms with Gasteiger partial charge in [0, 0.05) is 25.2 Å². The van der Waals surface area contributed by atoms with Crippen LogP contribution in [0.2, 0.25) is 0 Å². The molecule has 8 nitrogen and oxygen atoms in total. The van der Waals surface area contributed by atoms with Crippen molar-refractivity contribution in [1.29, 1.82) is 0 Å². The normalized spacial score (nSPS) is 20.8. The molecule has 0 aromatic carbocycles. The maximum absolute atomic E-state index is 12.1. The van der Waals surface area contributed by atoms with E-state index in [0.717, 1.165) is 44.4 Å². The van der Waals surface area contributed by atoms with Gasteiger partial charge in [0.15, 0.2) is 0 Å². The summed E-state index contributed by atoms with van der Waals surface area (Å²) in [5.41, 5.74) is 0. The lowest BCUT2D eigenvalue weighted by Gasteiger charge is -2.19. The van der Waals surface area contributed by atoms with Gasteiger partial charge in [-0.1, -0.05) is 141 Å². The Bertz CT molecular complexity index is 872. The molecule has 1 aliphatic carbocycles. The van der Waals surface area contributed by atoms with Crippen LogP contribution in [-0.4, -0.2) is 70.0 Å². The molecule has 0 radical (unpaired) electrons. The Morgan fingerprint density at radius 3 is 1.80 bits per heavy atom. The maximum Gasteiger partial charge on any atom is 0.305 e. The Hall–Kier alpha value is -1.74. The third-order valence-electron chi connectivity index (χ3n) is 9.69. The highest BCUT2D eigenvalue weighted by Crippen LogP contribution is 2.36. The molecule has 0 aromatic heterocycles. The fraction of sp³-hybridized carbons (Fsp3) is 0.854. The van der Waals surface area contributed by atoms with E-state index in [2.05, 4.69) is 20.8 Å². The second-order valence-corrected chi connectivity index (χ2v) is 14.9. The summed E-state index contributed by atoms with van der Waals surface area (Å²) in [6.07, 6.45) is 27.6. The average Bonchev–Trinajstić information content (AvgIpc) is 3.34. The third-order valence-corrected chi connectivity index (χ3v) is 9.69. The molecule has 0 aliphatic heterocycles. The van der Waals surface area contributed by atoms with Gasteiger partial charge in [-0.25, -0.2) is 0 Å². The lowest BCUT2D eigenvalue weighted by atomic mass is 9.89. The van der Waals surface area contributed by atoms with E-state index in [1.807, 2.05) is 18.2 Å². The second kappa shape index (κ2) is 29.9. The van der Waals surface area contributed by atoms with E-state index < -0.39 is 30.4 Å². The summed E-state index contributed by atoms with van der Waals surface area (Å²) >= 11 is 0. The van der Waals surface area contributed by atoms with E-state index in [4.69, 9.17) is 9.47 Å². The number of hydrogen-bond acceptors (Lipinski definition) is 8. The Morgan fingerprint density at radius 1 is 0.694 bits per heavy atom. The van der Waals surface area contributed by atoms with Gasteiger partial charge in [0.25, 0.3) is 0 Å². The van der Waals surface area contributed by atoms with Gasteiger partial charge in [-0.15, -0.1) is 0 Å². The summed E-state index contributed by atoms with van der Waals surface area (Å²) in [6, 6.07) is 0. The van der Waals surface area contributed by atoms with Crippen LogP contribution in [0.5, 0.6) is 0 Å². The van der Waals surface area contributed by atoms with Crippen molar-refractivity contribution >= 4 is 11.9 Å². The third kappa shape index (κ3) is 25.0. The minimum atomic E-state index is -1.04. The molecule has 0 aromatic rings. The molecule has 4 N–H and O–H groups in total. The minimum absolute atomic E-state index is 0.116. The first-order valence-corrected chi connectivity index (χ1v) is 20.0. The molecule has 0 saturated heterocycles. The smallest absolute Gasteiger partial charge is 0.305 e. The lowest BCUT2D eigenvalue weighted by molar-refractivity contribution is -0.152. The SMILES string of the molecule is CCCCC[C@H](O)/C=C/[C@@H]1[C@@H](C/C=C/CCCC(=O)OC[C@@H](O)COC(=O)CCCCCCCCCCCCCCC(C)C)[C@@H](O)C[C@H]1O. The fourth-order valence-corrected chi connectivity index (χ4v) is 6.56. The van der Waals surface area contributed by atoms with Crippen molar-refractivity contribution in [3.05, 3.63) is 24.3 Å². The summed E-state index contributed by atoms with van der Waals surface area (Å²) in [4.78, 5) is 24.1. The molecule has 0 bridgehead atoms. The largest absolute Gasteiger partial charge is 0.463 e. The van der Waals surface area contributed by atoms with Crippen molar-refractivity contribution in [3.8, 4) is 0 Å². The molecule has 0 unspecified atom stereocenters. The molecule has 1 rings (SSSR count). The van der Waals surface area contributed by atoms with E-state index in [1.165, 1.54) is 64.2 Å². The highest BCUT2D eigenvalue weighted by molar-refractivity contribution is 5.69. The Balaban J connectivity index is 2.04. The van der Waals surface area contributed by atoms with Gasteiger partial charge in [-0.3, -0.25) is 9.59 Å². The van der Waals surface area contributed by atoms with Gasteiger partial charge in [0.2, 0.25) is 0 Å². The zero-order valence-corrected chi connectivity index (χ0v) is 31.5. The van der Waals surface area contributed by atoms with Crippen LogP contribution in [0.1, 0.15) is 168 Å². The van der Waals surface area contributed by atoms with E-state index >= 15 is 0 Å². The first-order chi connectivity index (χ1) is 23.6. The second-order valence-electron chi connectivity index (χ2n) is 14.9. The van der Waals surface area contributed by atoms with Crippen LogP contribution in [0.4, 0.5) is 0 Å². The number of rotatable bonds is 31. The molecular formula is C41H74O8. The van der Waals surface area contributed by atoms with Crippen LogP contribution in [-0.2, 0) is 19.1 Å². The number of carbonyl (C=O) groups excluding carboxylic acids is 2. The van der Waals surface area contributed by atoms with Crippen molar-refractivity contribution in [2.75, 3.05) is 13.2 Å². The van der Waals surface area contributed by atoms with Crippen molar-refractivity contribution < 1.29 is 39.5 Å². The standard InChI is InChI=1S/C41H74O8/c1-4-5-18-24-34(42)28-29-37-36(38(44)30-39(37)45)25-20-16-17-22-27-41(47)49-32-35(43)31-48-40(46)26-21-15-13-11-9-7-6-8-10-12-14-19-23-33(2)3/h16,20,28-29,33-39,42-45H,4-15,17-19,21-27,30-32H2,1-3H3/b20-16+,29-28+/t34-,35-,36+,37+,38-,39+/m0/s1. The maximum atomic E-state index is 12.1. The molecule has 0 amide bonds. The van der Waals surface area contributed by atoms with Crippen molar-refractivity contribution in [2.24, 2.45) is 17.8 Å². The monoisotopic (exact) mass is 695 g/mol. The number of unbranched alkanes of at least 4 members (excludes halogenated alkanes) is 14. The van der Waals surface area contributed by atoms with Crippen LogP contribution in [0.15, 0.2) is 24.3 Å². The summed E-state index contributed by atoms with van der Waals surface area (Å²) < 4.78 is 10.3. The topological polar surface area (TPSA) is 134 Å². The van der Waals surface area contributed by atoms with Gasteiger partial charge in [-0.2, -0.15) is 0 Å². The van der Waals surface area contributed by atoms with Crippen molar-refractivity contribution in [1.82, 2.24) is 0 Å². The van der Waals surface area contributed by atoms with Crippen LogP contribution in [0, 0.1) is 17.8 Å². The number of aliphatic hydroxyl groups excluding tert-OH is 4. The van der Waals surface area contributed by atoms with Crippen molar-refractivity contribution in [3.63, 3.8) is 0 Å². The Morgan fingerprint density at radius 2 is 1.22 bits per heavy atom. The van der Waals surface area contributed by atoms with Gasteiger partial charge < -0.3 is 29.9 Å². The number of allylic oxidation sites excluding steroid dienone is 2. The average molecular weight is 695 g/mol. The number of esters is 2. The van der Waals surface area contributed by atoms with Gasteiger partial charge >= 0.3 is 11.9 Å². The molecule has 0 heterocycles. The molecule has 8 heteroatoms. The number of ether oxygens (including phenoxy) is 2. The Labute approximate surface area is 299 Å². The molecule has 1 fully saturated rings. The van der Waals surface area contributed by atoms with Gasteiger partial charge in [-0.05, 0) is 43.9 Å². The molecule has 49 heavy (non-hydrogen) atoms. The highest BCUT2D eigenvalue weighted by atomic mass is 16.6. The molecule has 6 atom stereocenters. The number of hydrogen-bond donors (Lipinski definition) is 4. The molecule has 1 saturated carbocycles. The van der Waals surface area contributed by atoms with E-state index in [9.17, 15) is 30.0 Å². The molecule has 1 aliphatic rings. The predicted molar refractivity (Wildman–Crippen MR) is 198 cm³/mol. The van der Waals surface area contributed by atoms with Gasteiger partial charge in [0.1, 0.15) is 19.3 Å². The summed E-state index contributed by atoms with van der Waals surface area (Å²) in [5.74, 6) is -0.224. The van der Waals surface area contributed by atoms with E-state index in [1.54, 1.807) is 6.08 Å². The van der Waals surface area contributed by atoms with E-state index in [-0.39, 0.29) is 37.4 Å². The number of carbonyl (C=O) groups is 2. The van der Waals surface area contributed by atoms with Crippen LogP contribution in [0.3, 0.4) is 0 Å². The Kier molecular flexibility index (Phi) is 27.7. The first kappa shape index (κ1) is 45.3. The summed E-state index contributed by atoms with van der Waals surface area (Å²) in [6.45, 7) is 6.33. The van der Waals surface area contributed by atoms with Crippen LogP contribution < -0.4 is 0 Å². The lowest BCUT2D eigenvalue weighted by Crippen LogP contribution is -2.25. The number of aliphatic hydroxyl groups is 4. The zero-order chi connectivity index (χ0) is 36.1. The summed E-state index contributed by atoms with van der Waals surface area (Å²) in [7, 11) is 0. The fourth-order valence-electron chi connectivity index (χ4n) is 6.56. The highest BCUT2D eigenvalue weighted by Gasteiger charge is 2.39. The van der Waals surface area contributed by atoms with Gasteiger partial charge in [0.05, 0.1) is 18.3 Å². The zero-order valence-electron chi connectivity index (χ0n) is 31.5. The molecular weight excluding hydrogens is 620 g/mol.